The van der Waals surface area contributed by atoms with Gasteiger partial charge in [0.1, 0.15) is 6.04 Å². The summed E-state index contributed by atoms with van der Waals surface area (Å²) in [6.45, 7) is 5.32. The van der Waals surface area contributed by atoms with E-state index in [1.54, 1.807) is 32.9 Å². The molecule has 0 saturated carbocycles. The molecule has 0 heterocycles. The summed E-state index contributed by atoms with van der Waals surface area (Å²) in [4.78, 5) is 23.4. The Kier molecular flexibility index (Phi) is 5.37. The van der Waals surface area contributed by atoms with Crippen LogP contribution < -0.4 is 5.32 Å². The summed E-state index contributed by atoms with van der Waals surface area (Å²) in [5.41, 5.74) is -0.127. The number of aliphatic carboxylic acids is 1. The van der Waals surface area contributed by atoms with Crippen LogP contribution in [-0.2, 0) is 4.79 Å². The maximum Gasteiger partial charge on any atom is 0.326 e. The van der Waals surface area contributed by atoms with Gasteiger partial charge >= 0.3 is 5.97 Å². The Morgan fingerprint density at radius 3 is 2.42 bits per heavy atom. The van der Waals surface area contributed by atoms with Gasteiger partial charge in [-0.2, -0.15) is 0 Å². The highest BCUT2D eigenvalue weighted by Gasteiger charge is 2.33. The zero-order valence-corrected chi connectivity index (χ0v) is 14.6. The number of carboxylic acid groups (broad SMARTS) is 1. The van der Waals surface area contributed by atoms with Gasteiger partial charge in [0.2, 0.25) is 0 Å². The zero-order chi connectivity index (χ0) is 14.8. The fraction of sp³-hybridized carbons (Fsp3) is 0.385. The number of carbonyl (C=O) groups is 2. The maximum absolute atomic E-state index is 12.2. The molecule has 0 aliphatic heterocycles. The van der Waals surface area contributed by atoms with E-state index in [4.69, 9.17) is 0 Å². The van der Waals surface area contributed by atoms with E-state index in [9.17, 15) is 14.7 Å². The van der Waals surface area contributed by atoms with E-state index in [1.165, 1.54) is 0 Å². The highest BCUT2D eigenvalue weighted by Crippen LogP contribution is 2.23. The van der Waals surface area contributed by atoms with Crippen LogP contribution in [0.25, 0.3) is 0 Å². The van der Waals surface area contributed by atoms with Gasteiger partial charge < -0.3 is 10.4 Å². The van der Waals surface area contributed by atoms with E-state index in [0.717, 1.165) is 3.57 Å². The zero-order valence-electron chi connectivity index (χ0n) is 10.8. The first kappa shape index (κ1) is 16.4. The van der Waals surface area contributed by atoms with E-state index < -0.39 is 23.3 Å². The molecule has 1 aromatic rings. The van der Waals surface area contributed by atoms with Crippen LogP contribution in [0.15, 0.2) is 22.7 Å². The lowest BCUT2D eigenvalue weighted by Gasteiger charge is -2.27. The highest BCUT2D eigenvalue weighted by atomic mass is 127. The van der Waals surface area contributed by atoms with Gasteiger partial charge in [0, 0.05) is 8.04 Å². The summed E-state index contributed by atoms with van der Waals surface area (Å²) in [6, 6.07) is 4.40. The van der Waals surface area contributed by atoms with Crippen LogP contribution in [0.5, 0.6) is 0 Å². The molecular formula is C13H15BrINO3. The van der Waals surface area contributed by atoms with Crippen LogP contribution in [0, 0.1) is 8.99 Å². The van der Waals surface area contributed by atoms with Crippen LogP contribution in [0.3, 0.4) is 0 Å². The molecule has 6 heteroatoms. The van der Waals surface area contributed by atoms with Crippen molar-refractivity contribution in [2.45, 2.75) is 26.8 Å². The van der Waals surface area contributed by atoms with E-state index in [-0.39, 0.29) is 0 Å². The minimum Gasteiger partial charge on any atom is -0.480 e. The van der Waals surface area contributed by atoms with Crippen LogP contribution >= 0.6 is 38.5 Å². The Labute approximate surface area is 134 Å². The van der Waals surface area contributed by atoms with Crippen molar-refractivity contribution in [2.75, 3.05) is 0 Å². The van der Waals surface area contributed by atoms with E-state index in [2.05, 4.69) is 43.8 Å². The number of rotatable bonds is 3. The van der Waals surface area contributed by atoms with Crippen molar-refractivity contribution in [3.63, 3.8) is 0 Å². The first-order valence-corrected chi connectivity index (χ1v) is 7.49. The van der Waals surface area contributed by atoms with Crippen LogP contribution in [0.1, 0.15) is 31.1 Å². The largest absolute Gasteiger partial charge is 0.480 e. The molecule has 2 N–H and O–H groups in total. The molecule has 19 heavy (non-hydrogen) atoms. The van der Waals surface area contributed by atoms with Gasteiger partial charge in [-0.15, -0.1) is 0 Å². The molecule has 0 saturated heterocycles. The topological polar surface area (TPSA) is 66.4 Å². The summed E-state index contributed by atoms with van der Waals surface area (Å²) in [6.07, 6.45) is 0. The van der Waals surface area contributed by atoms with Crippen LogP contribution in [0.2, 0.25) is 0 Å². The molecule has 0 spiro atoms. The normalized spacial score (nSPS) is 12.9. The Bertz CT molecular complexity index is 511. The van der Waals surface area contributed by atoms with Crippen molar-refractivity contribution in [3.05, 3.63) is 31.8 Å². The van der Waals surface area contributed by atoms with E-state index in [0.29, 0.717) is 10.0 Å². The van der Waals surface area contributed by atoms with Gasteiger partial charge in [0.25, 0.3) is 5.91 Å². The lowest BCUT2D eigenvalue weighted by Crippen LogP contribution is -2.49. The smallest absolute Gasteiger partial charge is 0.326 e. The molecule has 0 aromatic heterocycles. The van der Waals surface area contributed by atoms with E-state index >= 15 is 0 Å². The number of nitrogens with one attached hydrogen (secondary N) is 1. The molecular weight excluding hydrogens is 425 g/mol. The average molecular weight is 440 g/mol. The van der Waals surface area contributed by atoms with Crippen molar-refractivity contribution in [3.8, 4) is 0 Å². The van der Waals surface area contributed by atoms with Gasteiger partial charge in [0.05, 0.1) is 5.56 Å². The van der Waals surface area contributed by atoms with Crippen molar-refractivity contribution in [2.24, 2.45) is 5.41 Å². The highest BCUT2D eigenvalue weighted by molar-refractivity contribution is 14.1. The first-order chi connectivity index (χ1) is 8.62. The lowest BCUT2D eigenvalue weighted by atomic mass is 9.86. The molecule has 104 valence electrons. The average Bonchev–Trinajstić information content (AvgIpc) is 2.26. The number of amides is 1. The Hall–Kier alpha value is -0.630. The minimum absolute atomic E-state index is 0.396. The van der Waals surface area contributed by atoms with Gasteiger partial charge in [-0.05, 0) is 62.1 Å². The summed E-state index contributed by atoms with van der Waals surface area (Å²) in [7, 11) is 0. The van der Waals surface area contributed by atoms with Crippen molar-refractivity contribution in [1.82, 2.24) is 5.32 Å². The quantitative estimate of drug-likeness (QED) is 0.710. The lowest BCUT2D eigenvalue weighted by molar-refractivity contribution is -0.142. The number of hydrogen-bond acceptors (Lipinski definition) is 2. The van der Waals surface area contributed by atoms with Crippen molar-refractivity contribution >= 4 is 50.4 Å². The van der Waals surface area contributed by atoms with Gasteiger partial charge in [-0.3, -0.25) is 4.79 Å². The molecule has 0 aliphatic carbocycles. The maximum atomic E-state index is 12.2. The molecule has 4 nitrogen and oxygen atoms in total. The third kappa shape index (κ3) is 4.45. The monoisotopic (exact) mass is 439 g/mol. The predicted molar refractivity (Wildman–Crippen MR) is 85.2 cm³/mol. The van der Waals surface area contributed by atoms with Gasteiger partial charge in [-0.25, -0.2) is 4.79 Å². The molecule has 1 atom stereocenters. The Morgan fingerprint density at radius 2 is 1.95 bits per heavy atom. The number of benzene rings is 1. The Morgan fingerprint density at radius 1 is 1.37 bits per heavy atom. The van der Waals surface area contributed by atoms with Crippen LogP contribution in [0.4, 0.5) is 0 Å². The molecule has 0 unspecified atom stereocenters. The molecule has 0 aliphatic rings. The predicted octanol–water partition coefficient (Wildman–Crippen LogP) is 3.28. The van der Waals surface area contributed by atoms with Crippen molar-refractivity contribution in [1.29, 1.82) is 0 Å². The summed E-state index contributed by atoms with van der Waals surface area (Å²) in [5.74, 6) is -1.43. The van der Waals surface area contributed by atoms with Crippen molar-refractivity contribution < 1.29 is 14.7 Å². The van der Waals surface area contributed by atoms with Gasteiger partial charge in [0.15, 0.2) is 0 Å². The number of carboxylic acids is 1. The van der Waals surface area contributed by atoms with Gasteiger partial charge in [-0.1, -0.05) is 20.8 Å². The summed E-state index contributed by atoms with van der Waals surface area (Å²) >= 11 is 5.40. The third-order valence-corrected chi connectivity index (χ3v) is 3.92. The second-order valence-corrected chi connectivity index (χ2v) is 7.33. The fourth-order valence-electron chi connectivity index (χ4n) is 1.53. The number of hydrogen-bond donors (Lipinski definition) is 2. The number of halogens is 2. The molecule has 1 rings (SSSR count). The molecule has 0 fully saturated rings. The second-order valence-electron chi connectivity index (χ2n) is 5.23. The van der Waals surface area contributed by atoms with Crippen LogP contribution in [-0.4, -0.2) is 23.0 Å². The minimum atomic E-state index is -1.04. The first-order valence-electron chi connectivity index (χ1n) is 5.61. The molecule has 0 radical (unpaired) electrons. The third-order valence-electron chi connectivity index (χ3n) is 2.56. The SMILES string of the molecule is CC(C)(C)[C@H](NC(=O)c1cc(I)ccc1Br)C(=O)O. The Balaban J connectivity index is 3.01. The molecule has 1 aromatic carbocycles. The second kappa shape index (κ2) is 6.21. The molecule has 0 bridgehead atoms. The fourth-order valence-corrected chi connectivity index (χ4v) is 2.45. The summed E-state index contributed by atoms with van der Waals surface area (Å²) in [5, 5.41) is 11.8. The standard InChI is InChI=1S/C13H15BrINO3/c1-13(2,3)10(12(18)19)16-11(17)8-6-7(15)4-5-9(8)14/h4-6,10H,1-3H3,(H,16,17)(H,18,19)/t10-/m1/s1. The van der Waals surface area contributed by atoms with E-state index in [1.807, 2.05) is 6.07 Å². The summed E-state index contributed by atoms with van der Waals surface area (Å²) < 4.78 is 1.55. The number of carbonyl (C=O) groups excluding carboxylic acids is 1. The molecule has 1 amide bonds.